The van der Waals surface area contributed by atoms with Gasteiger partial charge in [0.1, 0.15) is 5.15 Å². The van der Waals surface area contributed by atoms with Crippen molar-refractivity contribution in [2.75, 3.05) is 0 Å². The van der Waals surface area contributed by atoms with Gasteiger partial charge in [0.05, 0.1) is 10.2 Å². The highest BCUT2D eigenvalue weighted by atomic mass is 79.9. The average Bonchev–Trinajstić information content (AvgIpc) is 2.32. The molecule has 2 nitrogen and oxygen atoms in total. The Morgan fingerprint density at radius 3 is 2.33 bits per heavy atom. The SMILES string of the molecule is CC(C)(C)c1nc(Cl)c(Br)cc1-c1ccncc1. The van der Waals surface area contributed by atoms with E-state index >= 15 is 0 Å². The monoisotopic (exact) mass is 324 g/mol. The van der Waals surface area contributed by atoms with E-state index in [4.69, 9.17) is 11.6 Å². The topological polar surface area (TPSA) is 25.8 Å². The summed E-state index contributed by atoms with van der Waals surface area (Å²) >= 11 is 9.54. The molecule has 0 unspecified atom stereocenters. The zero-order valence-electron chi connectivity index (χ0n) is 10.5. The molecule has 0 saturated carbocycles. The van der Waals surface area contributed by atoms with Gasteiger partial charge in [-0.2, -0.15) is 0 Å². The Labute approximate surface area is 121 Å². The third-order valence-corrected chi connectivity index (χ3v) is 3.76. The van der Waals surface area contributed by atoms with E-state index in [9.17, 15) is 0 Å². The van der Waals surface area contributed by atoms with Gasteiger partial charge in [-0.3, -0.25) is 4.98 Å². The van der Waals surface area contributed by atoms with Crippen molar-refractivity contribution in [3.8, 4) is 11.1 Å². The molecule has 2 aromatic heterocycles. The molecule has 0 aromatic carbocycles. The number of hydrogen-bond acceptors (Lipinski definition) is 2. The third-order valence-electron chi connectivity index (χ3n) is 2.63. The molecule has 2 heterocycles. The molecule has 0 N–H and O–H groups in total. The Morgan fingerprint density at radius 1 is 1.17 bits per heavy atom. The molecule has 94 valence electrons. The Balaban J connectivity index is 2.70. The van der Waals surface area contributed by atoms with Crippen molar-refractivity contribution in [2.24, 2.45) is 0 Å². The fourth-order valence-electron chi connectivity index (χ4n) is 1.79. The lowest BCUT2D eigenvalue weighted by molar-refractivity contribution is 0.571. The van der Waals surface area contributed by atoms with Crippen molar-refractivity contribution in [2.45, 2.75) is 26.2 Å². The fourth-order valence-corrected chi connectivity index (χ4v) is 2.25. The summed E-state index contributed by atoms with van der Waals surface area (Å²) in [7, 11) is 0. The smallest absolute Gasteiger partial charge is 0.143 e. The minimum Gasteiger partial charge on any atom is -0.265 e. The van der Waals surface area contributed by atoms with Gasteiger partial charge in [0.2, 0.25) is 0 Å². The van der Waals surface area contributed by atoms with Crippen LogP contribution in [0.5, 0.6) is 0 Å². The molecule has 0 saturated heterocycles. The lowest BCUT2D eigenvalue weighted by Gasteiger charge is -2.22. The molecule has 18 heavy (non-hydrogen) atoms. The van der Waals surface area contributed by atoms with E-state index in [1.807, 2.05) is 18.2 Å². The number of nitrogens with zero attached hydrogens (tertiary/aromatic N) is 2. The molecular weight excluding hydrogens is 312 g/mol. The summed E-state index contributed by atoms with van der Waals surface area (Å²) < 4.78 is 0.809. The van der Waals surface area contributed by atoms with Crippen LogP contribution in [0.25, 0.3) is 11.1 Å². The molecule has 0 aliphatic rings. The predicted molar refractivity (Wildman–Crippen MR) is 78.9 cm³/mol. The van der Waals surface area contributed by atoms with Crippen LogP contribution in [0.4, 0.5) is 0 Å². The molecule has 0 aliphatic carbocycles. The van der Waals surface area contributed by atoms with Crippen LogP contribution < -0.4 is 0 Å². The highest BCUT2D eigenvalue weighted by Gasteiger charge is 2.22. The van der Waals surface area contributed by atoms with Gasteiger partial charge in [-0.1, -0.05) is 32.4 Å². The summed E-state index contributed by atoms with van der Waals surface area (Å²) in [5, 5.41) is 0.498. The quantitative estimate of drug-likeness (QED) is 0.700. The summed E-state index contributed by atoms with van der Waals surface area (Å²) in [5.74, 6) is 0. The standard InChI is InChI=1S/C14H14BrClN2/c1-14(2,3)12-10(8-11(15)13(16)18-12)9-4-6-17-7-5-9/h4-8H,1-3H3. The summed E-state index contributed by atoms with van der Waals surface area (Å²) in [5.41, 5.74) is 3.10. The number of halogens is 2. The van der Waals surface area contributed by atoms with Crippen LogP contribution in [-0.2, 0) is 5.41 Å². The highest BCUT2D eigenvalue weighted by molar-refractivity contribution is 9.10. The highest BCUT2D eigenvalue weighted by Crippen LogP contribution is 2.35. The van der Waals surface area contributed by atoms with Crippen LogP contribution in [0, 0.1) is 0 Å². The summed E-state index contributed by atoms with van der Waals surface area (Å²) in [4.78, 5) is 8.56. The van der Waals surface area contributed by atoms with E-state index in [-0.39, 0.29) is 5.41 Å². The van der Waals surface area contributed by atoms with E-state index in [0.717, 1.165) is 21.3 Å². The van der Waals surface area contributed by atoms with Gasteiger partial charge in [0.15, 0.2) is 0 Å². The Kier molecular flexibility index (Phi) is 3.74. The number of aromatic nitrogens is 2. The minimum atomic E-state index is -0.0665. The first-order valence-corrected chi connectivity index (χ1v) is 6.83. The van der Waals surface area contributed by atoms with Crippen molar-refractivity contribution in [1.29, 1.82) is 0 Å². The van der Waals surface area contributed by atoms with Gasteiger partial charge in [-0.25, -0.2) is 4.98 Å². The van der Waals surface area contributed by atoms with Crippen LogP contribution in [-0.4, -0.2) is 9.97 Å². The molecule has 0 bridgehead atoms. The lowest BCUT2D eigenvalue weighted by Crippen LogP contribution is -2.15. The summed E-state index contributed by atoms with van der Waals surface area (Å²) in [6.45, 7) is 6.39. The molecule has 0 aliphatic heterocycles. The van der Waals surface area contributed by atoms with Crippen molar-refractivity contribution < 1.29 is 0 Å². The first kappa shape index (κ1) is 13.5. The van der Waals surface area contributed by atoms with E-state index < -0.39 is 0 Å². The Bertz CT molecular complexity index is 562. The van der Waals surface area contributed by atoms with Crippen molar-refractivity contribution in [1.82, 2.24) is 9.97 Å². The molecule has 0 atom stereocenters. The van der Waals surface area contributed by atoms with Crippen LogP contribution in [0.15, 0.2) is 35.1 Å². The maximum atomic E-state index is 6.11. The van der Waals surface area contributed by atoms with Gasteiger partial charge in [0, 0.05) is 23.4 Å². The largest absolute Gasteiger partial charge is 0.265 e. The molecule has 0 fully saturated rings. The van der Waals surface area contributed by atoms with Gasteiger partial charge >= 0.3 is 0 Å². The average molecular weight is 326 g/mol. The zero-order chi connectivity index (χ0) is 13.3. The van der Waals surface area contributed by atoms with E-state index in [1.165, 1.54) is 0 Å². The Morgan fingerprint density at radius 2 is 1.78 bits per heavy atom. The van der Waals surface area contributed by atoms with Gasteiger partial charge < -0.3 is 0 Å². The summed E-state index contributed by atoms with van der Waals surface area (Å²) in [6, 6.07) is 5.98. The third kappa shape index (κ3) is 2.73. The Hall–Kier alpha value is -0.930. The molecule has 2 aromatic rings. The lowest BCUT2D eigenvalue weighted by atomic mass is 9.86. The second-order valence-electron chi connectivity index (χ2n) is 5.14. The number of rotatable bonds is 1. The first-order chi connectivity index (χ1) is 8.39. The maximum absolute atomic E-state index is 6.11. The second kappa shape index (κ2) is 4.98. The van der Waals surface area contributed by atoms with E-state index in [0.29, 0.717) is 5.15 Å². The second-order valence-corrected chi connectivity index (χ2v) is 6.36. The van der Waals surface area contributed by atoms with E-state index in [1.54, 1.807) is 12.4 Å². The number of hydrogen-bond donors (Lipinski definition) is 0. The normalized spacial score (nSPS) is 11.6. The van der Waals surface area contributed by atoms with Crippen molar-refractivity contribution >= 4 is 27.5 Å². The maximum Gasteiger partial charge on any atom is 0.143 e. The zero-order valence-corrected chi connectivity index (χ0v) is 12.9. The van der Waals surface area contributed by atoms with Gasteiger partial charge in [0.25, 0.3) is 0 Å². The molecular formula is C14H14BrClN2. The van der Waals surface area contributed by atoms with Crippen molar-refractivity contribution in [3.63, 3.8) is 0 Å². The van der Waals surface area contributed by atoms with Crippen LogP contribution in [0.3, 0.4) is 0 Å². The molecule has 2 rings (SSSR count). The van der Waals surface area contributed by atoms with Gasteiger partial charge in [-0.15, -0.1) is 0 Å². The predicted octanol–water partition coefficient (Wildman–Crippen LogP) is 4.86. The molecule has 4 heteroatoms. The summed E-state index contributed by atoms with van der Waals surface area (Å²) in [6.07, 6.45) is 3.56. The van der Waals surface area contributed by atoms with E-state index in [2.05, 4.69) is 46.7 Å². The van der Waals surface area contributed by atoms with Crippen LogP contribution in [0.1, 0.15) is 26.5 Å². The van der Waals surface area contributed by atoms with Crippen LogP contribution >= 0.6 is 27.5 Å². The molecule has 0 radical (unpaired) electrons. The van der Waals surface area contributed by atoms with Crippen molar-refractivity contribution in [3.05, 3.63) is 45.9 Å². The molecule has 0 spiro atoms. The minimum absolute atomic E-state index is 0.0665. The van der Waals surface area contributed by atoms with Gasteiger partial charge in [-0.05, 0) is 39.7 Å². The molecule has 0 amide bonds. The fraction of sp³-hybridized carbons (Fsp3) is 0.286. The van der Waals surface area contributed by atoms with Crippen LogP contribution in [0.2, 0.25) is 5.15 Å². The first-order valence-electron chi connectivity index (χ1n) is 5.66. The number of pyridine rings is 2.